The van der Waals surface area contributed by atoms with Crippen molar-refractivity contribution in [1.29, 1.82) is 0 Å². The Morgan fingerprint density at radius 1 is 1.16 bits per heavy atom. The van der Waals surface area contributed by atoms with Crippen LogP contribution in [0.4, 0.5) is 10.5 Å². The van der Waals surface area contributed by atoms with Crippen LogP contribution in [0.25, 0.3) is 0 Å². The largest absolute Gasteiger partial charge is 0.495 e. The summed E-state index contributed by atoms with van der Waals surface area (Å²) in [5.74, 6) is 0.731. The van der Waals surface area contributed by atoms with E-state index >= 15 is 0 Å². The van der Waals surface area contributed by atoms with Crippen molar-refractivity contribution in [3.05, 3.63) is 24.3 Å². The number of nitrogens with zero attached hydrogens (tertiary/aromatic N) is 2. The lowest BCUT2D eigenvalue weighted by Gasteiger charge is -2.37. The van der Waals surface area contributed by atoms with Gasteiger partial charge in [0.05, 0.1) is 18.8 Å². The number of urea groups is 1. The summed E-state index contributed by atoms with van der Waals surface area (Å²) >= 11 is 0. The van der Waals surface area contributed by atoms with Crippen LogP contribution in [0.3, 0.4) is 0 Å². The smallest absolute Gasteiger partial charge is 0.322 e. The molecule has 0 spiro atoms. The highest BCUT2D eigenvalue weighted by Crippen LogP contribution is 2.23. The molecule has 2 fully saturated rings. The number of para-hydroxylation sites is 2. The third-order valence-electron chi connectivity index (χ3n) is 4.80. The van der Waals surface area contributed by atoms with Gasteiger partial charge in [0.1, 0.15) is 5.75 Å². The second-order valence-electron chi connectivity index (χ2n) is 6.61. The summed E-state index contributed by atoms with van der Waals surface area (Å²) in [7, 11) is 1.58. The highest BCUT2D eigenvalue weighted by atomic mass is 16.5. The Morgan fingerprint density at radius 2 is 1.84 bits per heavy atom. The number of carbonyl (C=O) groups excluding carboxylic acids is 2. The summed E-state index contributed by atoms with van der Waals surface area (Å²) < 4.78 is 5.26. The molecule has 7 heteroatoms. The molecule has 1 heterocycles. The van der Waals surface area contributed by atoms with Crippen LogP contribution in [-0.4, -0.2) is 67.1 Å². The Balaban J connectivity index is 1.49. The zero-order chi connectivity index (χ0) is 17.8. The highest BCUT2D eigenvalue weighted by Gasteiger charge is 2.30. The van der Waals surface area contributed by atoms with E-state index in [2.05, 4.69) is 15.5 Å². The van der Waals surface area contributed by atoms with Crippen molar-refractivity contribution in [2.24, 2.45) is 0 Å². The van der Waals surface area contributed by atoms with E-state index in [-0.39, 0.29) is 18.0 Å². The fourth-order valence-electron chi connectivity index (χ4n) is 2.97. The summed E-state index contributed by atoms with van der Waals surface area (Å²) in [6.45, 7) is 4.52. The van der Waals surface area contributed by atoms with E-state index in [0.29, 0.717) is 43.7 Å². The highest BCUT2D eigenvalue weighted by molar-refractivity contribution is 5.91. The molecule has 3 rings (SSSR count). The quantitative estimate of drug-likeness (QED) is 0.848. The van der Waals surface area contributed by atoms with E-state index in [1.54, 1.807) is 12.0 Å². The SMILES string of the molecule is COc1ccccc1NC(=O)N1CCN(C(C)C(=O)NC2CC2)CC1. The van der Waals surface area contributed by atoms with Gasteiger partial charge in [-0.25, -0.2) is 4.79 Å². The minimum Gasteiger partial charge on any atom is -0.495 e. The maximum atomic E-state index is 12.5. The fourth-order valence-corrected chi connectivity index (χ4v) is 2.97. The van der Waals surface area contributed by atoms with E-state index in [1.165, 1.54) is 0 Å². The van der Waals surface area contributed by atoms with Gasteiger partial charge in [-0.2, -0.15) is 0 Å². The van der Waals surface area contributed by atoms with Crippen LogP contribution in [0.5, 0.6) is 5.75 Å². The van der Waals surface area contributed by atoms with Crippen molar-refractivity contribution in [2.75, 3.05) is 38.6 Å². The standard InChI is InChI=1S/C18H26N4O3/c1-13(17(23)19-14-7-8-14)21-9-11-22(12-10-21)18(24)20-15-5-3-4-6-16(15)25-2/h3-6,13-14H,7-12H2,1-2H3,(H,19,23)(H,20,24). The Hall–Kier alpha value is -2.28. The number of rotatable bonds is 5. The molecule has 1 saturated carbocycles. The summed E-state index contributed by atoms with van der Waals surface area (Å²) in [6.07, 6.45) is 2.19. The minimum absolute atomic E-state index is 0.0921. The first-order valence-electron chi connectivity index (χ1n) is 8.82. The third kappa shape index (κ3) is 4.42. The average Bonchev–Trinajstić information content (AvgIpc) is 3.45. The zero-order valence-corrected chi connectivity index (χ0v) is 14.8. The molecular weight excluding hydrogens is 320 g/mol. The van der Waals surface area contributed by atoms with Crippen molar-refractivity contribution < 1.29 is 14.3 Å². The Kier molecular flexibility index (Phi) is 5.43. The molecule has 1 aliphatic carbocycles. The normalized spacial score (nSPS) is 19.2. The number of carbonyl (C=O) groups is 2. The molecule has 1 aromatic carbocycles. The van der Waals surface area contributed by atoms with Crippen LogP contribution >= 0.6 is 0 Å². The van der Waals surface area contributed by atoms with Crippen LogP contribution in [0, 0.1) is 0 Å². The van der Waals surface area contributed by atoms with Crippen LogP contribution in [0.1, 0.15) is 19.8 Å². The molecule has 0 aromatic heterocycles. The number of hydrogen-bond donors (Lipinski definition) is 2. The lowest BCUT2D eigenvalue weighted by molar-refractivity contribution is -0.126. The number of benzene rings is 1. The van der Waals surface area contributed by atoms with Gasteiger partial charge in [0.2, 0.25) is 5.91 Å². The van der Waals surface area contributed by atoms with Gasteiger partial charge in [-0.3, -0.25) is 9.69 Å². The lowest BCUT2D eigenvalue weighted by Crippen LogP contribution is -2.55. The molecule has 136 valence electrons. The number of anilines is 1. The summed E-state index contributed by atoms with van der Waals surface area (Å²) in [5, 5.41) is 5.94. The van der Waals surface area contributed by atoms with E-state index in [9.17, 15) is 9.59 Å². The molecule has 1 atom stereocenters. The Morgan fingerprint density at radius 3 is 2.48 bits per heavy atom. The monoisotopic (exact) mass is 346 g/mol. The Bertz CT molecular complexity index is 625. The first-order chi connectivity index (χ1) is 12.1. The van der Waals surface area contributed by atoms with Gasteiger partial charge in [-0.15, -0.1) is 0 Å². The van der Waals surface area contributed by atoms with Gasteiger partial charge in [-0.1, -0.05) is 12.1 Å². The molecule has 0 radical (unpaired) electrons. The molecule has 3 amide bonds. The van der Waals surface area contributed by atoms with E-state index in [4.69, 9.17) is 4.74 Å². The number of hydrogen-bond acceptors (Lipinski definition) is 4. The maximum Gasteiger partial charge on any atom is 0.322 e. The molecular formula is C18H26N4O3. The maximum absolute atomic E-state index is 12.5. The molecule has 1 aliphatic heterocycles. The van der Waals surface area contributed by atoms with Crippen molar-refractivity contribution in [1.82, 2.24) is 15.1 Å². The van der Waals surface area contributed by atoms with Gasteiger partial charge in [0.25, 0.3) is 0 Å². The molecule has 7 nitrogen and oxygen atoms in total. The predicted octanol–water partition coefficient (Wildman–Crippen LogP) is 1.51. The molecule has 25 heavy (non-hydrogen) atoms. The molecule has 0 bridgehead atoms. The molecule has 1 unspecified atom stereocenters. The number of ether oxygens (including phenoxy) is 1. The number of methoxy groups -OCH3 is 1. The second-order valence-corrected chi connectivity index (χ2v) is 6.61. The van der Waals surface area contributed by atoms with Crippen molar-refractivity contribution >= 4 is 17.6 Å². The second kappa shape index (κ2) is 7.74. The Labute approximate surface area is 148 Å². The fraction of sp³-hybridized carbons (Fsp3) is 0.556. The molecule has 1 aromatic rings. The summed E-state index contributed by atoms with van der Waals surface area (Å²) in [4.78, 5) is 28.5. The third-order valence-corrected chi connectivity index (χ3v) is 4.80. The molecule has 2 aliphatic rings. The van der Waals surface area contributed by atoms with Gasteiger partial charge < -0.3 is 20.3 Å². The van der Waals surface area contributed by atoms with Crippen molar-refractivity contribution in [3.63, 3.8) is 0 Å². The van der Waals surface area contributed by atoms with E-state index in [0.717, 1.165) is 12.8 Å². The van der Waals surface area contributed by atoms with Gasteiger partial charge in [0.15, 0.2) is 0 Å². The van der Waals surface area contributed by atoms with E-state index < -0.39 is 0 Å². The zero-order valence-electron chi connectivity index (χ0n) is 14.8. The first kappa shape index (κ1) is 17.5. The number of nitrogens with one attached hydrogen (secondary N) is 2. The molecule has 1 saturated heterocycles. The number of piperazine rings is 1. The van der Waals surface area contributed by atoms with Crippen LogP contribution in [-0.2, 0) is 4.79 Å². The predicted molar refractivity (Wildman–Crippen MR) is 95.8 cm³/mol. The first-order valence-corrected chi connectivity index (χ1v) is 8.82. The number of amides is 3. The van der Waals surface area contributed by atoms with Crippen LogP contribution in [0.15, 0.2) is 24.3 Å². The van der Waals surface area contributed by atoms with Gasteiger partial charge >= 0.3 is 6.03 Å². The molecule has 2 N–H and O–H groups in total. The van der Waals surface area contributed by atoms with E-state index in [1.807, 2.05) is 31.2 Å². The summed E-state index contributed by atoms with van der Waals surface area (Å²) in [6, 6.07) is 7.44. The van der Waals surface area contributed by atoms with Crippen LogP contribution < -0.4 is 15.4 Å². The van der Waals surface area contributed by atoms with Gasteiger partial charge in [0, 0.05) is 32.2 Å². The lowest BCUT2D eigenvalue weighted by atomic mass is 10.2. The average molecular weight is 346 g/mol. The van der Waals surface area contributed by atoms with Crippen LogP contribution in [0.2, 0.25) is 0 Å². The summed E-state index contributed by atoms with van der Waals surface area (Å²) in [5.41, 5.74) is 0.662. The minimum atomic E-state index is -0.153. The van der Waals surface area contributed by atoms with Crippen molar-refractivity contribution in [2.45, 2.75) is 31.8 Å². The topological polar surface area (TPSA) is 73.9 Å². The van der Waals surface area contributed by atoms with Crippen molar-refractivity contribution in [3.8, 4) is 5.75 Å². The van der Waals surface area contributed by atoms with Gasteiger partial charge in [-0.05, 0) is 31.9 Å².